The van der Waals surface area contributed by atoms with Gasteiger partial charge in [-0.15, -0.1) is 0 Å². The van der Waals surface area contributed by atoms with Crippen molar-refractivity contribution in [2.45, 2.75) is 6.61 Å². The highest BCUT2D eigenvalue weighted by Gasteiger charge is 2.14. The lowest BCUT2D eigenvalue weighted by atomic mass is 10.3. The second kappa shape index (κ2) is 8.23. The summed E-state index contributed by atoms with van der Waals surface area (Å²) in [5.74, 6) is 0.578. The molecule has 0 fully saturated rings. The summed E-state index contributed by atoms with van der Waals surface area (Å²) in [5, 5.41) is 4.37. The molecule has 8 heteroatoms. The van der Waals surface area contributed by atoms with Crippen LogP contribution in [0.3, 0.4) is 0 Å². The molecular formula is C18H11Cl4NO3. The van der Waals surface area contributed by atoms with Crippen LogP contribution in [-0.4, -0.2) is 5.91 Å². The van der Waals surface area contributed by atoms with Crippen molar-refractivity contribution in [3.05, 3.63) is 80.1 Å². The second-order valence-electron chi connectivity index (χ2n) is 5.21. The minimum Gasteiger partial charge on any atom is -0.484 e. The van der Waals surface area contributed by atoms with E-state index in [9.17, 15) is 4.79 Å². The average molecular weight is 431 g/mol. The van der Waals surface area contributed by atoms with Crippen molar-refractivity contribution >= 4 is 58.0 Å². The summed E-state index contributed by atoms with van der Waals surface area (Å²) in [6, 6.07) is 12.8. The molecule has 1 N–H and O–H groups in total. The summed E-state index contributed by atoms with van der Waals surface area (Å²) < 4.78 is 11.1. The molecule has 2 aromatic carbocycles. The van der Waals surface area contributed by atoms with Crippen LogP contribution in [0.5, 0.6) is 5.75 Å². The molecule has 0 saturated heterocycles. The number of hydrogen-bond donors (Lipinski definition) is 1. The SMILES string of the molecule is O=C(Nc1cc(Cl)ccc1Cl)c1ccc(COc2ccc(Cl)cc2Cl)o1. The maximum absolute atomic E-state index is 12.3. The Labute approximate surface area is 169 Å². The van der Waals surface area contributed by atoms with Crippen LogP contribution < -0.4 is 10.1 Å². The summed E-state index contributed by atoms with van der Waals surface area (Å²) in [7, 11) is 0. The molecule has 1 heterocycles. The maximum atomic E-state index is 12.3. The van der Waals surface area contributed by atoms with E-state index in [0.29, 0.717) is 37.3 Å². The molecule has 1 aromatic heterocycles. The zero-order valence-corrected chi connectivity index (χ0v) is 16.1. The number of rotatable bonds is 5. The van der Waals surface area contributed by atoms with Crippen LogP contribution in [0.1, 0.15) is 16.3 Å². The van der Waals surface area contributed by atoms with Gasteiger partial charge in [-0.25, -0.2) is 0 Å². The van der Waals surface area contributed by atoms with Crippen molar-refractivity contribution in [3.8, 4) is 5.75 Å². The highest BCUT2D eigenvalue weighted by atomic mass is 35.5. The molecule has 0 atom stereocenters. The molecule has 26 heavy (non-hydrogen) atoms. The third kappa shape index (κ3) is 4.65. The van der Waals surface area contributed by atoms with Gasteiger partial charge in [-0.05, 0) is 48.5 Å². The smallest absolute Gasteiger partial charge is 0.291 e. The minimum absolute atomic E-state index is 0.104. The Morgan fingerprint density at radius 1 is 0.923 bits per heavy atom. The van der Waals surface area contributed by atoms with E-state index in [-0.39, 0.29) is 12.4 Å². The minimum atomic E-state index is -0.454. The van der Waals surface area contributed by atoms with Gasteiger partial charge in [-0.3, -0.25) is 4.79 Å². The Balaban J connectivity index is 1.65. The van der Waals surface area contributed by atoms with E-state index >= 15 is 0 Å². The lowest BCUT2D eigenvalue weighted by Crippen LogP contribution is -2.11. The molecular weight excluding hydrogens is 420 g/mol. The van der Waals surface area contributed by atoms with E-state index in [2.05, 4.69) is 5.32 Å². The summed E-state index contributed by atoms with van der Waals surface area (Å²) in [6.45, 7) is 0.104. The molecule has 0 saturated carbocycles. The first-order valence-corrected chi connectivity index (χ1v) is 8.86. The lowest BCUT2D eigenvalue weighted by Gasteiger charge is -2.07. The summed E-state index contributed by atoms with van der Waals surface area (Å²) in [4.78, 5) is 12.3. The van der Waals surface area contributed by atoms with Gasteiger partial charge in [0, 0.05) is 10.0 Å². The molecule has 0 aliphatic carbocycles. The first-order chi connectivity index (χ1) is 12.4. The number of hydrogen-bond acceptors (Lipinski definition) is 3. The number of halogens is 4. The van der Waals surface area contributed by atoms with Crippen molar-refractivity contribution in [2.24, 2.45) is 0 Å². The number of amides is 1. The Kier molecular flexibility index (Phi) is 5.99. The second-order valence-corrected chi connectivity index (χ2v) is 6.89. The molecule has 0 unspecified atom stereocenters. The van der Waals surface area contributed by atoms with Crippen LogP contribution >= 0.6 is 46.4 Å². The fourth-order valence-corrected chi connectivity index (χ4v) is 2.90. The van der Waals surface area contributed by atoms with Crippen molar-refractivity contribution in [1.29, 1.82) is 0 Å². The number of ether oxygens (including phenoxy) is 1. The van der Waals surface area contributed by atoms with Crippen LogP contribution in [0.2, 0.25) is 20.1 Å². The predicted octanol–water partition coefficient (Wildman–Crippen LogP) is 6.72. The van der Waals surface area contributed by atoms with Gasteiger partial charge >= 0.3 is 0 Å². The van der Waals surface area contributed by atoms with E-state index in [1.54, 1.807) is 42.5 Å². The average Bonchev–Trinajstić information content (AvgIpc) is 3.06. The number of nitrogens with one attached hydrogen (secondary N) is 1. The van der Waals surface area contributed by atoms with E-state index < -0.39 is 5.91 Å². The molecule has 0 spiro atoms. The Bertz CT molecular complexity index is 955. The number of carbonyl (C=O) groups excluding carboxylic acids is 1. The normalized spacial score (nSPS) is 10.6. The van der Waals surface area contributed by atoms with Gasteiger partial charge in [0.2, 0.25) is 0 Å². The van der Waals surface area contributed by atoms with Crippen LogP contribution in [0, 0.1) is 0 Å². The van der Waals surface area contributed by atoms with Crippen LogP contribution in [0.25, 0.3) is 0 Å². The van der Waals surface area contributed by atoms with Crippen molar-refractivity contribution in [1.82, 2.24) is 0 Å². The third-order valence-corrected chi connectivity index (χ3v) is 4.42. The molecule has 1 amide bonds. The predicted molar refractivity (Wildman–Crippen MR) is 104 cm³/mol. The quantitative estimate of drug-likeness (QED) is 0.488. The largest absolute Gasteiger partial charge is 0.484 e. The van der Waals surface area contributed by atoms with E-state index in [1.165, 1.54) is 6.07 Å². The van der Waals surface area contributed by atoms with Gasteiger partial charge in [0.05, 0.1) is 15.7 Å². The maximum Gasteiger partial charge on any atom is 0.291 e. The number of benzene rings is 2. The fraction of sp³-hybridized carbons (Fsp3) is 0.0556. The Hall–Kier alpha value is -1.85. The first kappa shape index (κ1) is 18.9. The molecule has 3 rings (SSSR count). The summed E-state index contributed by atoms with van der Waals surface area (Å²) >= 11 is 23.8. The van der Waals surface area contributed by atoms with Crippen molar-refractivity contribution in [3.63, 3.8) is 0 Å². The third-order valence-electron chi connectivity index (χ3n) is 3.33. The fourth-order valence-electron chi connectivity index (χ4n) is 2.10. The van der Waals surface area contributed by atoms with Gasteiger partial charge in [0.15, 0.2) is 5.76 Å². The Morgan fingerprint density at radius 3 is 2.42 bits per heavy atom. The lowest BCUT2D eigenvalue weighted by molar-refractivity contribution is 0.0992. The molecule has 0 aliphatic rings. The van der Waals surface area contributed by atoms with Crippen LogP contribution in [-0.2, 0) is 6.61 Å². The van der Waals surface area contributed by atoms with Gasteiger partial charge in [-0.2, -0.15) is 0 Å². The molecule has 0 radical (unpaired) electrons. The van der Waals surface area contributed by atoms with E-state index in [4.69, 9.17) is 55.6 Å². The topological polar surface area (TPSA) is 51.5 Å². The number of carbonyl (C=O) groups is 1. The van der Waals surface area contributed by atoms with Crippen molar-refractivity contribution < 1.29 is 13.9 Å². The summed E-state index contributed by atoms with van der Waals surface area (Å²) in [5.41, 5.74) is 0.395. The number of anilines is 1. The van der Waals surface area contributed by atoms with Crippen LogP contribution in [0.15, 0.2) is 52.9 Å². The standard InChI is InChI=1S/C18H11Cl4NO3/c19-10-2-5-16(14(22)7-10)25-9-12-3-6-17(26-12)18(24)23-15-8-11(20)1-4-13(15)21/h1-8H,9H2,(H,23,24). The van der Waals surface area contributed by atoms with Gasteiger partial charge in [-0.1, -0.05) is 46.4 Å². The van der Waals surface area contributed by atoms with Gasteiger partial charge in [0.25, 0.3) is 5.91 Å². The monoisotopic (exact) mass is 429 g/mol. The molecule has 134 valence electrons. The first-order valence-electron chi connectivity index (χ1n) is 7.35. The molecule has 0 aliphatic heterocycles. The summed E-state index contributed by atoms with van der Waals surface area (Å²) in [6.07, 6.45) is 0. The number of furan rings is 1. The highest BCUT2D eigenvalue weighted by molar-refractivity contribution is 6.36. The molecule has 0 bridgehead atoms. The van der Waals surface area contributed by atoms with Gasteiger partial charge in [0.1, 0.15) is 18.1 Å². The van der Waals surface area contributed by atoms with E-state index in [1.807, 2.05) is 0 Å². The van der Waals surface area contributed by atoms with Crippen LogP contribution in [0.4, 0.5) is 5.69 Å². The Morgan fingerprint density at radius 2 is 1.65 bits per heavy atom. The molecule has 4 nitrogen and oxygen atoms in total. The zero-order chi connectivity index (χ0) is 18.7. The highest BCUT2D eigenvalue weighted by Crippen LogP contribution is 2.29. The zero-order valence-electron chi connectivity index (χ0n) is 13.1. The molecule has 3 aromatic rings. The van der Waals surface area contributed by atoms with E-state index in [0.717, 1.165) is 0 Å². The van der Waals surface area contributed by atoms with Gasteiger partial charge < -0.3 is 14.5 Å². The van der Waals surface area contributed by atoms with Crippen molar-refractivity contribution in [2.75, 3.05) is 5.32 Å².